The van der Waals surface area contributed by atoms with Crippen LogP contribution in [0, 0.1) is 18.3 Å². The van der Waals surface area contributed by atoms with Crippen molar-refractivity contribution in [2.75, 3.05) is 5.32 Å². The average Bonchev–Trinajstić information content (AvgIpc) is 2.73. The fourth-order valence-electron chi connectivity index (χ4n) is 4.04. The van der Waals surface area contributed by atoms with Crippen LogP contribution in [0.3, 0.4) is 0 Å². The lowest BCUT2D eigenvalue weighted by Crippen LogP contribution is -2.25. The Morgan fingerprint density at radius 2 is 2.06 bits per heavy atom. The average molecular weight is 428 g/mol. The summed E-state index contributed by atoms with van der Waals surface area (Å²) in [5, 5.41) is 14.1. The molecule has 31 heavy (non-hydrogen) atoms. The van der Waals surface area contributed by atoms with Crippen LogP contribution in [-0.4, -0.2) is 26.8 Å². The van der Waals surface area contributed by atoms with Gasteiger partial charge in [-0.3, -0.25) is 9.59 Å². The summed E-state index contributed by atoms with van der Waals surface area (Å²) in [7, 11) is 0. The first-order valence-electron chi connectivity index (χ1n) is 9.63. The highest BCUT2D eigenvalue weighted by atomic mass is 32.1. The molecule has 1 aliphatic heterocycles. The largest absolute Gasteiger partial charge is 0.342 e. The minimum atomic E-state index is -0.447. The number of nitrogens with one attached hydrogen (secondary N) is 2. The van der Waals surface area contributed by atoms with E-state index in [4.69, 9.17) is 0 Å². The second-order valence-corrected chi connectivity index (χ2v) is 8.34. The summed E-state index contributed by atoms with van der Waals surface area (Å²) in [6, 6.07) is 11.9. The number of aryl methyl sites for hydroxylation is 1. The van der Waals surface area contributed by atoms with E-state index in [0.29, 0.717) is 32.1 Å². The zero-order chi connectivity index (χ0) is 21.7. The first-order valence-corrected chi connectivity index (χ1v) is 10.4. The van der Waals surface area contributed by atoms with Crippen molar-refractivity contribution in [1.29, 1.82) is 5.26 Å². The van der Waals surface area contributed by atoms with E-state index in [1.165, 1.54) is 18.3 Å². The number of nitrogens with zero attached hydrogens (tertiary/aromatic N) is 4. The monoisotopic (exact) mass is 428 g/mol. The van der Waals surface area contributed by atoms with Crippen LogP contribution in [0.1, 0.15) is 41.8 Å². The quantitative estimate of drug-likeness (QED) is 0.481. The minimum absolute atomic E-state index is 0.0627. The molecule has 1 aromatic carbocycles. The molecule has 4 heterocycles. The van der Waals surface area contributed by atoms with Gasteiger partial charge in [0.05, 0.1) is 16.4 Å². The number of carbonyl (C=O) groups excluding carboxylic acids is 2. The van der Waals surface area contributed by atoms with Crippen molar-refractivity contribution in [1.82, 2.24) is 15.0 Å². The van der Waals surface area contributed by atoms with Gasteiger partial charge in [-0.15, -0.1) is 0 Å². The van der Waals surface area contributed by atoms with E-state index < -0.39 is 5.91 Å². The summed E-state index contributed by atoms with van der Waals surface area (Å²) < 4.78 is 0. The molecule has 2 amide bonds. The van der Waals surface area contributed by atoms with Gasteiger partial charge in [-0.2, -0.15) is 10.3 Å². The van der Waals surface area contributed by atoms with Gasteiger partial charge in [0.1, 0.15) is 27.3 Å². The Kier molecular flexibility index (Phi) is 4.38. The number of carbonyl (C=O) groups is 2. The zero-order valence-corrected chi connectivity index (χ0v) is 17.5. The molecule has 0 spiro atoms. The standard InChI is InChI=1S/C22H16N6O2S/c1-10-24-18-14(9-23)20(26-11(2)29)28-19-16-13(12-6-4-3-5-7-12)8-15(30)27-21(16)31-22(25-10)17(18)19/h3-7,13H,8H2,1-2H3,(H,24,25)(H,27,30). The first kappa shape index (κ1) is 19.1. The van der Waals surface area contributed by atoms with Crippen molar-refractivity contribution >= 4 is 49.4 Å². The fourth-order valence-corrected chi connectivity index (χ4v) is 5.23. The number of nitriles is 1. The van der Waals surface area contributed by atoms with Crippen LogP contribution in [0.5, 0.6) is 0 Å². The van der Waals surface area contributed by atoms with E-state index in [1.807, 2.05) is 30.3 Å². The summed E-state index contributed by atoms with van der Waals surface area (Å²) in [5.41, 5.74) is 3.21. The third-order valence-corrected chi connectivity index (χ3v) is 6.25. The lowest BCUT2D eigenvalue weighted by molar-refractivity contribution is -0.117. The Morgan fingerprint density at radius 1 is 1.29 bits per heavy atom. The zero-order valence-electron chi connectivity index (χ0n) is 16.7. The minimum Gasteiger partial charge on any atom is -0.342 e. The number of aromatic amines is 1. The molecule has 8 nitrogen and oxygen atoms in total. The number of H-pyrrole nitrogens is 1. The Labute approximate surface area is 180 Å². The molecule has 0 saturated carbocycles. The molecular weight excluding hydrogens is 412 g/mol. The Balaban J connectivity index is 1.99. The number of amides is 2. The highest BCUT2D eigenvalue weighted by Gasteiger charge is 2.32. The van der Waals surface area contributed by atoms with Crippen molar-refractivity contribution in [3.8, 4) is 6.07 Å². The molecule has 1 aliphatic rings. The van der Waals surface area contributed by atoms with E-state index in [1.54, 1.807) is 6.92 Å². The molecule has 2 N–H and O–H groups in total. The molecule has 4 aromatic rings. The Morgan fingerprint density at radius 3 is 2.77 bits per heavy atom. The third kappa shape index (κ3) is 3.08. The van der Waals surface area contributed by atoms with Gasteiger partial charge in [-0.05, 0) is 12.5 Å². The number of anilines is 1. The highest BCUT2D eigenvalue weighted by Crippen LogP contribution is 2.45. The number of benzene rings is 1. The summed E-state index contributed by atoms with van der Waals surface area (Å²) in [6.07, 6.45) is 0.268. The van der Waals surface area contributed by atoms with E-state index in [9.17, 15) is 14.9 Å². The highest BCUT2D eigenvalue weighted by molar-refractivity contribution is 7.22. The summed E-state index contributed by atoms with van der Waals surface area (Å²) >= 11 is 1.36. The van der Waals surface area contributed by atoms with Gasteiger partial charge >= 0.3 is 0 Å². The maximum Gasteiger partial charge on any atom is 0.244 e. The predicted octanol–water partition coefficient (Wildman–Crippen LogP) is 3.27. The second kappa shape index (κ2) is 7.11. The molecule has 0 bridgehead atoms. The molecular formula is C22H16N6O2S. The summed E-state index contributed by atoms with van der Waals surface area (Å²) in [4.78, 5) is 41.3. The van der Waals surface area contributed by atoms with Gasteiger partial charge in [0.2, 0.25) is 11.8 Å². The SMILES string of the molecule is CC(=O)N=c1nc2c3c(sc4nc(C)[nH]c(c1C#N)c42)NC(=O)CC3c1ccccc1. The van der Waals surface area contributed by atoms with Gasteiger partial charge in [0, 0.05) is 24.8 Å². The van der Waals surface area contributed by atoms with Crippen molar-refractivity contribution in [3.63, 3.8) is 0 Å². The number of rotatable bonds is 1. The summed E-state index contributed by atoms with van der Waals surface area (Å²) in [6.45, 7) is 3.11. The molecule has 0 radical (unpaired) electrons. The van der Waals surface area contributed by atoms with Crippen LogP contribution in [0.2, 0.25) is 0 Å². The molecule has 3 aromatic heterocycles. The molecule has 1 unspecified atom stereocenters. The molecule has 152 valence electrons. The first-order chi connectivity index (χ1) is 15.0. The number of hydrogen-bond acceptors (Lipinski definition) is 6. The Bertz CT molecular complexity index is 1510. The van der Waals surface area contributed by atoms with Crippen LogP contribution < -0.4 is 10.8 Å². The lowest BCUT2D eigenvalue weighted by Gasteiger charge is -2.27. The van der Waals surface area contributed by atoms with Crippen LogP contribution in [-0.2, 0) is 9.59 Å². The molecule has 9 heteroatoms. The van der Waals surface area contributed by atoms with E-state index in [-0.39, 0.29) is 29.3 Å². The Hall–Kier alpha value is -3.90. The van der Waals surface area contributed by atoms with Crippen LogP contribution in [0.15, 0.2) is 35.3 Å². The topological polar surface area (TPSA) is 124 Å². The van der Waals surface area contributed by atoms with Crippen molar-refractivity contribution < 1.29 is 9.59 Å². The van der Waals surface area contributed by atoms with Crippen molar-refractivity contribution in [2.24, 2.45) is 4.99 Å². The molecule has 5 rings (SSSR count). The molecule has 0 aliphatic carbocycles. The van der Waals surface area contributed by atoms with Crippen LogP contribution in [0.25, 0.3) is 21.3 Å². The van der Waals surface area contributed by atoms with Crippen LogP contribution in [0.4, 0.5) is 5.00 Å². The third-order valence-electron chi connectivity index (χ3n) is 5.23. The number of pyridine rings is 1. The van der Waals surface area contributed by atoms with Crippen molar-refractivity contribution in [3.05, 3.63) is 58.3 Å². The van der Waals surface area contributed by atoms with E-state index in [2.05, 4.69) is 31.3 Å². The normalized spacial score (nSPS) is 16.2. The van der Waals surface area contributed by atoms with Gasteiger partial charge in [0.15, 0.2) is 5.49 Å². The van der Waals surface area contributed by atoms with Crippen molar-refractivity contribution in [2.45, 2.75) is 26.2 Å². The van der Waals surface area contributed by atoms with E-state index in [0.717, 1.165) is 11.1 Å². The number of hydrogen-bond donors (Lipinski definition) is 2. The predicted molar refractivity (Wildman–Crippen MR) is 116 cm³/mol. The van der Waals surface area contributed by atoms with Gasteiger partial charge < -0.3 is 10.3 Å². The maximum absolute atomic E-state index is 12.5. The molecule has 0 saturated heterocycles. The number of fused-ring (bicyclic) bond motifs is 2. The van der Waals surface area contributed by atoms with Crippen LogP contribution >= 0.6 is 11.3 Å². The lowest BCUT2D eigenvalue weighted by atomic mass is 9.86. The summed E-state index contributed by atoms with van der Waals surface area (Å²) in [5.74, 6) is -0.150. The molecule has 1 atom stereocenters. The maximum atomic E-state index is 12.5. The van der Waals surface area contributed by atoms with Gasteiger partial charge in [-0.1, -0.05) is 41.7 Å². The smallest absolute Gasteiger partial charge is 0.244 e. The number of aromatic nitrogens is 3. The van der Waals surface area contributed by atoms with E-state index >= 15 is 0 Å². The molecule has 0 fully saturated rings. The van der Waals surface area contributed by atoms with Gasteiger partial charge in [-0.25, -0.2) is 9.97 Å². The second-order valence-electron chi connectivity index (χ2n) is 7.34. The van der Waals surface area contributed by atoms with Gasteiger partial charge in [0.25, 0.3) is 0 Å². The fraction of sp³-hybridized carbons (Fsp3) is 0.182.